The van der Waals surface area contributed by atoms with Crippen LogP contribution in [-0.2, 0) is 6.54 Å². The second-order valence-electron chi connectivity index (χ2n) is 7.36. The van der Waals surface area contributed by atoms with E-state index in [1.807, 2.05) is 43.3 Å². The maximum Gasteiger partial charge on any atom is 0.339 e. The summed E-state index contributed by atoms with van der Waals surface area (Å²) in [5.41, 5.74) is 8.88. The molecule has 0 fully saturated rings. The number of hydrogen-bond acceptors (Lipinski definition) is 2. The van der Waals surface area contributed by atoms with E-state index in [0.717, 1.165) is 34.3 Å². The molecule has 4 aromatic rings. The van der Waals surface area contributed by atoms with Gasteiger partial charge in [0, 0.05) is 34.9 Å². The van der Waals surface area contributed by atoms with Gasteiger partial charge < -0.3 is 9.88 Å². The number of carbonyl (C=O) groups is 1. The molecule has 0 saturated carbocycles. The minimum atomic E-state index is -0.371. The quantitative estimate of drug-likeness (QED) is 0.341. The van der Waals surface area contributed by atoms with E-state index < -0.39 is 0 Å². The first kappa shape index (κ1) is 19.5. The molecule has 5 nitrogen and oxygen atoms in total. The van der Waals surface area contributed by atoms with Gasteiger partial charge in [-0.05, 0) is 37.1 Å². The molecule has 1 heterocycles. The highest BCUT2D eigenvalue weighted by atomic mass is 16.2. The van der Waals surface area contributed by atoms with Crippen molar-refractivity contribution in [2.24, 2.45) is 5.10 Å². The molecule has 2 N–H and O–H groups in total. The van der Waals surface area contributed by atoms with Crippen molar-refractivity contribution < 1.29 is 4.79 Å². The Morgan fingerprint density at radius 2 is 1.80 bits per heavy atom. The van der Waals surface area contributed by atoms with E-state index in [4.69, 9.17) is 0 Å². The fourth-order valence-electron chi connectivity index (χ4n) is 3.54. The van der Waals surface area contributed by atoms with Crippen molar-refractivity contribution in [3.05, 3.63) is 101 Å². The van der Waals surface area contributed by atoms with E-state index in [0.29, 0.717) is 0 Å². The van der Waals surface area contributed by atoms with Crippen LogP contribution >= 0.6 is 0 Å². The summed E-state index contributed by atoms with van der Waals surface area (Å²) in [5, 5.41) is 8.05. The Hall–Kier alpha value is -3.86. The topological polar surface area (TPSA) is 58.4 Å². The number of carbonyl (C=O) groups excluding carboxylic acids is 1. The van der Waals surface area contributed by atoms with Crippen molar-refractivity contribution in [2.45, 2.75) is 20.4 Å². The molecule has 0 saturated heterocycles. The summed E-state index contributed by atoms with van der Waals surface area (Å²) >= 11 is 0. The minimum absolute atomic E-state index is 0.371. The van der Waals surface area contributed by atoms with Crippen LogP contribution in [0, 0.1) is 13.8 Å². The fourth-order valence-corrected chi connectivity index (χ4v) is 3.54. The van der Waals surface area contributed by atoms with Crippen molar-refractivity contribution in [3.8, 4) is 0 Å². The average molecular weight is 396 g/mol. The number of nitrogens with zero attached hydrogens (tertiary/aromatic N) is 2. The number of benzene rings is 3. The van der Waals surface area contributed by atoms with E-state index in [-0.39, 0.29) is 6.03 Å². The molecule has 0 radical (unpaired) electrons. The molecule has 0 bridgehead atoms. The molecule has 0 atom stereocenters. The number of amides is 2. The summed E-state index contributed by atoms with van der Waals surface area (Å²) < 4.78 is 2.21. The monoisotopic (exact) mass is 396 g/mol. The van der Waals surface area contributed by atoms with Crippen molar-refractivity contribution in [3.63, 3.8) is 0 Å². The van der Waals surface area contributed by atoms with Crippen LogP contribution in [-0.4, -0.2) is 16.8 Å². The third-order valence-corrected chi connectivity index (χ3v) is 5.02. The number of fused-ring (bicyclic) bond motifs is 1. The maximum atomic E-state index is 12.2. The van der Waals surface area contributed by atoms with Crippen LogP contribution in [0.5, 0.6) is 0 Å². The molecule has 30 heavy (non-hydrogen) atoms. The van der Waals surface area contributed by atoms with E-state index in [2.05, 4.69) is 69.9 Å². The summed E-state index contributed by atoms with van der Waals surface area (Å²) in [6.45, 7) is 4.82. The zero-order valence-corrected chi connectivity index (χ0v) is 17.1. The van der Waals surface area contributed by atoms with E-state index >= 15 is 0 Å². The summed E-state index contributed by atoms with van der Waals surface area (Å²) in [4.78, 5) is 12.2. The Balaban J connectivity index is 1.51. The van der Waals surface area contributed by atoms with Crippen LogP contribution in [0.1, 0.15) is 22.3 Å². The Kier molecular flexibility index (Phi) is 5.61. The predicted octanol–water partition coefficient (Wildman–Crippen LogP) is 5.46. The molecule has 0 aliphatic heterocycles. The van der Waals surface area contributed by atoms with Crippen molar-refractivity contribution in [1.29, 1.82) is 0 Å². The molecule has 4 rings (SSSR count). The van der Waals surface area contributed by atoms with Gasteiger partial charge in [0.15, 0.2) is 0 Å². The highest BCUT2D eigenvalue weighted by molar-refractivity contribution is 6.00. The molecule has 5 heteroatoms. The molecular weight excluding hydrogens is 372 g/mol. The Bertz CT molecular complexity index is 1220. The van der Waals surface area contributed by atoms with E-state index in [1.54, 1.807) is 6.21 Å². The lowest BCUT2D eigenvalue weighted by Crippen LogP contribution is -2.24. The average Bonchev–Trinajstić information content (AvgIpc) is 3.07. The van der Waals surface area contributed by atoms with Crippen LogP contribution < -0.4 is 10.7 Å². The van der Waals surface area contributed by atoms with Gasteiger partial charge in [-0.1, -0.05) is 66.2 Å². The van der Waals surface area contributed by atoms with Gasteiger partial charge in [-0.2, -0.15) is 5.10 Å². The van der Waals surface area contributed by atoms with Crippen LogP contribution in [0.3, 0.4) is 0 Å². The largest absolute Gasteiger partial charge is 0.342 e. The number of hydrogen-bond donors (Lipinski definition) is 2. The summed E-state index contributed by atoms with van der Waals surface area (Å²) in [7, 11) is 0. The van der Waals surface area contributed by atoms with E-state index in [9.17, 15) is 4.79 Å². The first-order chi connectivity index (χ1) is 14.6. The van der Waals surface area contributed by atoms with Gasteiger partial charge in [-0.15, -0.1) is 0 Å². The summed E-state index contributed by atoms with van der Waals surface area (Å²) in [5.74, 6) is 0. The van der Waals surface area contributed by atoms with Gasteiger partial charge in [0.25, 0.3) is 0 Å². The molecule has 2 amide bonds. The van der Waals surface area contributed by atoms with Crippen LogP contribution in [0.4, 0.5) is 10.5 Å². The van der Waals surface area contributed by atoms with Gasteiger partial charge >= 0.3 is 6.03 Å². The van der Waals surface area contributed by atoms with Gasteiger partial charge in [-0.3, -0.25) is 0 Å². The van der Waals surface area contributed by atoms with Crippen LogP contribution in [0.25, 0.3) is 10.9 Å². The number of rotatable bonds is 5. The summed E-state index contributed by atoms with van der Waals surface area (Å²) in [6, 6.07) is 24.0. The molecule has 0 aliphatic carbocycles. The van der Waals surface area contributed by atoms with Crippen molar-refractivity contribution in [1.82, 2.24) is 9.99 Å². The maximum absolute atomic E-state index is 12.2. The first-order valence-electron chi connectivity index (χ1n) is 9.89. The number of hydrazone groups is 1. The lowest BCUT2D eigenvalue weighted by Gasteiger charge is -2.06. The van der Waals surface area contributed by atoms with Crippen LogP contribution in [0.2, 0.25) is 0 Å². The smallest absolute Gasteiger partial charge is 0.339 e. The van der Waals surface area contributed by atoms with Crippen molar-refractivity contribution >= 4 is 28.8 Å². The third-order valence-electron chi connectivity index (χ3n) is 5.02. The normalized spacial score (nSPS) is 11.1. The highest BCUT2D eigenvalue weighted by Crippen LogP contribution is 2.21. The molecule has 0 unspecified atom stereocenters. The predicted molar refractivity (Wildman–Crippen MR) is 123 cm³/mol. The van der Waals surface area contributed by atoms with Gasteiger partial charge in [0.1, 0.15) is 0 Å². The van der Waals surface area contributed by atoms with E-state index in [1.165, 1.54) is 11.1 Å². The molecule has 0 aliphatic rings. The molecule has 3 aromatic carbocycles. The number of urea groups is 1. The second kappa shape index (κ2) is 8.66. The van der Waals surface area contributed by atoms with Gasteiger partial charge in [0.2, 0.25) is 0 Å². The number of aromatic nitrogens is 1. The van der Waals surface area contributed by atoms with Gasteiger partial charge in [0.05, 0.1) is 6.21 Å². The zero-order chi connectivity index (χ0) is 20.9. The van der Waals surface area contributed by atoms with Crippen LogP contribution in [0.15, 0.2) is 84.1 Å². The number of aryl methyl sites for hydroxylation is 2. The molecule has 1 aromatic heterocycles. The molecular formula is C25H24N4O. The third kappa shape index (κ3) is 4.41. The number of para-hydroxylation sites is 2. The van der Waals surface area contributed by atoms with Crippen molar-refractivity contribution in [2.75, 3.05) is 5.32 Å². The minimum Gasteiger partial charge on any atom is -0.342 e. The Morgan fingerprint density at radius 3 is 2.63 bits per heavy atom. The Labute approximate surface area is 176 Å². The fraction of sp³-hybridized carbons (Fsp3) is 0.120. The SMILES string of the molecule is Cc1cccc(Cn2cc(C=NNC(=O)Nc3ccccc3C)c3ccccc32)c1. The number of anilines is 1. The first-order valence-corrected chi connectivity index (χ1v) is 9.89. The lowest BCUT2D eigenvalue weighted by atomic mass is 10.1. The zero-order valence-electron chi connectivity index (χ0n) is 17.1. The molecule has 150 valence electrons. The second-order valence-corrected chi connectivity index (χ2v) is 7.36. The highest BCUT2D eigenvalue weighted by Gasteiger charge is 2.08. The lowest BCUT2D eigenvalue weighted by molar-refractivity contribution is 0.252. The number of nitrogens with one attached hydrogen (secondary N) is 2. The Morgan fingerprint density at radius 1 is 1.00 bits per heavy atom. The summed E-state index contributed by atoms with van der Waals surface area (Å²) in [6.07, 6.45) is 3.75. The van der Waals surface area contributed by atoms with Gasteiger partial charge in [-0.25, -0.2) is 10.2 Å². The molecule has 0 spiro atoms. The standard InChI is InChI=1S/C25H24N4O/c1-18-8-7-10-20(14-18)16-29-17-21(22-11-4-6-13-24(22)29)15-26-28-25(30)27-23-12-5-3-9-19(23)2/h3-15,17H,16H2,1-2H3,(H2,27,28,30).